The predicted octanol–water partition coefficient (Wildman–Crippen LogP) is 0.287. The molecule has 0 rings (SSSR count). The molecule has 0 aromatic rings. The molecule has 0 atom stereocenters. The minimum Gasteiger partial charge on any atom is -0.309 e. The van der Waals surface area contributed by atoms with E-state index in [0.29, 0.717) is 0 Å². The fraction of sp³-hybridized carbons (Fsp3) is 1.00. The van der Waals surface area contributed by atoms with Crippen LogP contribution in [0.3, 0.4) is 0 Å². The molecular formula is C10H25N3. The van der Waals surface area contributed by atoms with Crippen molar-refractivity contribution in [3.05, 3.63) is 0 Å². The number of rotatable bonds is 6. The Bertz CT molecular complexity index is 97.6. The highest BCUT2D eigenvalue weighted by molar-refractivity contribution is 4.67. The van der Waals surface area contributed by atoms with E-state index >= 15 is 0 Å². The molecule has 3 nitrogen and oxygen atoms in total. The van der Waals surface area contributed by atoms with Crippen molar-refractivity contribution in [2.75, 3.05) is 61.9 Å². The van der Waals surface area contributed by atoms with Crippen LogP contribution in [0.5, 0.6) is 0 Å². The van der Waals surface area contributed by atoms with Crippen molar-refractivity contribution in [1.82, 2.24) is 14.7 Å². The van der Waals surface area contributed by atoms with E-state index in [9.17, 15) is 0 Å². The molecule has 0 aliphatic heterocycles. The zero-order valence-corrected chi connectivity index (χ0v) is 10.0. The van der Waals surface area contributed by atoms with Gasteiger partial charge in [-0.15, -0.1) is 0 Å². The predicted molar refractivity (Wildman–Crippen MR) is 59.2 cm³/mol. The first-order valence-corrected chi connectivity index (χ1v) is 4.86. The van der Waals surface area contributed by atoms with E-state index in [0.717, 1.165) is 25.6 Å². The Morgan fingerprint density at radius 1 is 0.615 bits per heavy atom. The minimum atomic E-state index is 0.736. The second-order valence-electron chi connectivity index (χ2n) is 4.65. The van der Waals surface area contributed by atoms with Crippen LogP contribution in [-0.4, -0.2) is 76.6 Å². The Labute approximate surface area is 83.3 Å². The Balaban J connectivity index is 3.87. The molecule has 0 unspecified atom stereocenters. The van der Waals surface area contributed by atoms with Crippen LogP contribution in [0.1, 0.15) is 0 Å². The summed E-state index contributed by atoms with van der Waals surface area (Å²) in [6.07, 6.45) is 0. The molecule has 0 radical (unpaired) electrons. The molecule has 0 spiro atoms. The van der Waals surface area contributed by atoms with Gasteiger partial charge in [0.05, 0.1) is 0 Å². The van der Waals surface area contributed by atoms with Crippen LogP contribution >= 0.6 is 0 Å². The van der Waals surface area contributed by atoms with Gasteiger partial charge in [-0.3, -0.25) is 0 Å². The summed E-state index contributed by atoms with van der Waals surface area (Å²) in [5.74, 6) is 0.736. The lowest BCUT2D eigenvalue weighted by molar-refractivity contribution is 0.213. The first kappa shape index (κ1) is 12.9. The highest BCUT2D eigenvalue weighted by Gasteiger charge is 2.11. The maximum Gasteiger partial charge on any atom is 0.00281 e. The molecule has 0 amide bonds. The van der Waals surface area contributed by atoms with Crippen molar-refractivity contribution < 1.29 is 0 Å². The van der Waals surface area contributed by atoms with Gasteiger partial charge < -0.3 is 14.7 Å². The summed E-state index contributed by atoms with van der Waals surface area (Å²) in [5.41, 5.74) is 0. The fourth-order valence-corrected chi connectivity index (χ4v) is 1.72. The van der Waals surface area contributed by atoms with Gasteiger partial charge in [0, 0.05) is 19.6 Å². The van der Waals surface area contributed by atoms with Crippen molar-refractivity contribution in [2.24, 2.45) is 5.92 Å². The standard InChI is InChI=1S/C10H25N3/c1-11(2)7-10(8-12(3)4)9-13(5)6/h10H,7-9H2,1-6H3. The Morgan fingerprint density at radius 3 is 1.00 bits per heavy atom. The van der Waals surface area contributed by atoms with E-state index in [4.69, 9.17) is 0 Å². The van der Waals surface area contributed by atoms with Crippen LogP contribution in [0, 0.1) is 5.92 Å². The fourth-order valence-electron chi connectivity index (χ4n) is 1.72. The Hall–Kier alpha value is -0.120. The van der Waals surface area contributed by atoms with Gasteiger partial charge in [0.2, 0.25) is 0 Å². The van der Waals surface area contributed by atoms with E-state index in [1.165, 1.54) is 0 Å². The van der Waals surface area contributed by atoms with Crippen LogP contribution in [0.15, 0.2) is 0 Å². The Kier molecular flexibility index (Phi) is 6.29. The number of hydrogen-bond acceptors (Lipinski definition) is 3. The number of nitrogens with zero attached hydrogens (tertiary/aromatic N) is 3. The van der Waals surface area contributed by atoms with Crippen molar-refractivity contribution in [2.45, 2.75) is 0 Å². The molecule has 0 aliphatic carbocycles. The van der Waals surface area contributed by atoms with Gasteiger partial charge in [-0.2, -0.15) is 0 Å². The molecule has 0 aromatic carbocycles. The van der Waals surface area contributed by atoms with Crippen LogP contribution in [-0.2, 0) is 0 Å². The van der Waals surface area contributed by atoms with Gasteiger partial charge in [0.25, 0.3) is 0 Å². The van der Waals surface area contributed by atoms with Crippen LogP contribution in [0.25, 0.3) is 0 Å². The molecule has 0 saturated carbocycles. The monoisotopic (exact) mass is 187 g/mol. The average Bonchev–Trinajstić information content (AvgIpc) is 1.80. The smallest absolute Gasteiger partial charge is 0.00281 e. The summed E-state index contributed by atoms with van der Waals surface area (Å²) >= 11 is 0. The van der Waals surface area contributed by atoms with Crippen LogP contribution < -0.4 is 0 Å². The molecule has 0 fully saturated rings. The lowest BCUT2D eigenvalue weighted by Gasteiger charge is -2.26. The van der Waals surface area contributed by atoms with Crippen molar-refractivity contribution in [3.63, 3.8) is 0 Å². The molecule has 0 heterocycles. The molecule has 0 bridgehead atoms. The second kappa shape index (κ2) is 6.35. The van der Waals surface area contributed by atoms with Crippen LogP contribution in [0.2, 0.25) is 0 Å². The zero-order chi connectivity index (χ0) is 10.4. The summed E-state index contributed by atoms with van der Waals surface area (Å²) in [5, 5.41) is 0. The molecular weight excluding hydrogens is 162 g/mol. The molecule has 13 heavy (non-hydrogen) atoms. The summed E-state index contributed by atoms with van der Waals surface area (Å²) in [7, 11) is 12.8. The molecule has 0 N–H and O–H groups in total. The first-order valence-electron chi connectivity index (χ1n) is 4.86. The second-order valence-corrected chi connectivity index (χ2v) is 4.65. The summed E-state index contributed by atoms with van der Waals surface area (Å²) < 4.78 is 0. The third kappa shape index (κ3) is 8.22. The maximum atomic E-state index is 2.26. The molecule has 80 valence electrons. The normalized spacial score (nSPS) is 12.5. The summed E-state index contributed by atoms with van der Waals surface area (Å²) in [4.78, 5) is 6.78. The van der Waals surface area contributed by atoms with Gasteiger partial charge in [-0.25, -0.2) is 0 Å². The summed E-state index contributed by atoms with van der Waals surface area (Å²) in [6, 6.07) is 0. The van der Waals surface area contributed by atoms with Crippen molar-refractivity contribution >= 4 is 0 Å². The average molecular weight is 187 g/mol. The van der Waals surface area contributed by atoms with E-state index in [-0.39, 0.29) is 0 Å². The van der Waals surface area contributed by atoms with E-state index < -0.39 is 0 Å². The van der Waals surface area contributed by atoms with Crippen molar-refractivity contribution in [1.29, 1.82) is 0 Å². The molecule has 0 aromatic heterocycles. The highest BCUT2D eigenvalue weighted by atomic mass is 15.1. The number of hydrogen-bond donors (Lipinski definition) is 0. The highest BCUT2D eigenvalue weighted by Crippen LogP contribution is 2.01. The third-order valence-corrected chi connectivity index (χ3v) is 1.87. The van der Waals surface area contributed by atoms with Crippen molar-refractivity contribution in [3.8, 4) is 0 Å². The van der Waals surface area contributed by atoms with Gasteiger partial charge in [-0.05, 0) is 48.2 Å². The third-order valence-electron chi connectivity index (χ3n) is 1.87. The topological polar surface area (TPSA) is 9.72 Å². The van der Waals surface area contributed by atoms with Gasteiger partial charge >= 0.3 is 0 Å². The largest absolute Gasteiger partial charge is 0.309 e. The summed E-state index contributed by atoms with van der Waals surface area (Å²) in [6.45, 7) is 3.49. The van der Waals surface area contributed by atoms with E-state index in [2.05, 4.69) is 57.0 Å². The SMILES string of the molecule is CN(C)CC(CN(C)C)CN(C)C. The molecule has 3 heteroatoms. The lowest BCUT2D eigenvalue weighted by atomic mass is 10.1. The zero-order valence-electron chi connectivity index (χ0n) is 10.0. The molecule has 0 aliphatic rings. The van der Waals surface area contributed by atoms with Gasteiger partial charge in [-0.1, -0.05) is 0 Å². The van der Waals surface area contributed by atoms with E-state index in [1.807, 2.05) is 0 Å². The maximum absolute atomic E-state index is 2.26. The van der Waals surface area contributed by atoms with Gasteiger partial charge in [0.1, 0.15) is 0 Å². The minimum absolute atomic E-state index is 0.736. The van der Waals surface area contributed by atoms with Gasteiger partial charge in [0.15, 0.2) is 0 Å². The molecule has 0 saturated heterocycles. The lowest BCUT2D eigenvalue weighted by Crippen LogP contribution is -2.36. The first-order chi connectivity index (χ1) is 5.91. The van der Waals surface area contributed by atoms with Crippen LogP contribution in [0.4, 0.5) is 0 Å². The quantitative estimate of drug-likeness (QED) is 0.592. The Morgan fingerprint density at radius 2 is 0.846 bits per heavy atom. The van der Waals surface area contributed by atoms with E-state index in [1.54, 1.807) is 0 Å².